The SMILES string of the molecule is CCC(NC(=O)Cn1c(-c2ccc(C)cc2)n[nH]c1=S)c1ccc(OC)cc1. The van der Waals surface area contributed by atoms with Crippen LogP contribution in [0.2, 0.25) is 0 Å². The van der Waals surface area contributed by atoms with E-state index in [0.717, 1.165) is 28.9 Å². The van der Waals surface area contributed by atoms with Crippen LogP contribution in [-0.2, 0) is 11.3 Å². The van der Waals surface area contributed by atoms with E-state index in [0.29, 0.717) is 10.6 Å². The van der Waals surface area contributed by atoms with Crippen LogP contribution in [-0.4, -0.2) is 27.8 Å². The second-order valence-corrected chi connectivity index (χ2v) is 6.99. The number of rotatable bonds is 7. The Balaban J connectivity index is 1.76. The van der Waals surface area contributed by atoms with Gasteiger partial charge in [0.15, 0.2) is 10.6 Å². The van der Waals surface area contributed by atoms with Crippen molar-refractivity contribution in [3.63, 3.8) is 0 Å². The van der Waals surface area contributed by atoms with Crippen LogP contribution in [0.1, 0.15) is 30.5 Å². The van der Waals surface area contributed by atoms with Crippen molar-refractivity contribution >= 4 is 18.1 Å². The third kappa shape index (κ3) is 4.48. The van der Waals surface area contributed by atoms with Crippen molar-refractivity contribution in [3.05, 3.63) is 64.4 Å². The van der Waals surface area contributed by atoms with E-state index >= 15 is 0 Å². The first-order valence-corrected chi connectivity index (χ1v) is 9.58. The number of amides is 1. The highest BCUT2D eigenvalue weighted by atomic mass is 32.1. The van der Waals surface area contributed by atoms with Crippen LogP contribution < -0.4 is 10.1 Å². The van der Waals surface area contributed by atoms with Gasteiger partial charge in [-0.3, -0.25) is 14.5 Å². The summed E-state index contributed by atoms with van der Waals surface area (Å²) < 4.78 is 7.33. The molecule has 28 heavy (non-hydrogen) atoms. The highest BCUT2D eigenvalue weighted by Gasteiger charge is 2.16. The quantitative estimate of drug-likeness (QED) is 0.588. The van der Waals surface area contributed by atoms with Crippen LogP contribution in [0.15, 0.2) is 48.5 Å². The zero-order chi connectivity index (χ0) is 20.1. The smallest absolute Gasteiger partial charge is 0.240 e. The minimum absolute atomic E-state index is 0.0812. The minimum Gasteiger partial charge on any atom is -0.497 e. The summed E-state index contributed by atoms with van der Waals surface area (Å²) in [5, 5.41) is 10.2. The summed E-state index contributed by atoms with van der Waals surface area (Å²) in [6.45, 7) is 4.17. The number of aromatic amines is 1. The number of hydrogen-bond donors (Lipinski definition) is 2. The van der Waals surface area contributed by atoms with E-state index < -0.39 is 0 Å². The van der Waals surface area contributed by atoms with Crippen LogP contribution >= 0.6 is 12.2 Å². The van der Waals surface area contributed by atoms with Gasteiger partial charge in [-0.1, -0.05) is 48.9 Å². The van der Waals surface area contributed by atoms with Gasteiger partial charge in [0, 0.05) is 5.56 Å². The second kappa shape index (κ2) is 8.84. The first kappa shape index (κ1) is 19.8. The van der Waals surface area contributed by atoms with Gasteiger partial charge in [-0.2, -0.15) is 5.10 Å². The third-order valence-corrected chi connectivity index (χ3v) is 4.94. The molecular weight excluding hydrogens is 372 g/mol. The van der Waals surface area contributed by atoms with Crippen molar-refractivity contribution in [2.45, 2.75) is 32.9 Å². The van der Waals surface area contributed by atoms with Gasteiger partial charge in [0.2, 0.25) is 5.91 Å². The van der Waals surface area contributed by atoms with E-state index in [4.69, 9.17) is 17.0 Å². The Hall–Kier alpha value is -2.93. The summed E-state index contributed by atoms with van der Waals surface area (Å²) >= 11 is 5.33. The Labute approximate surface area is 169 Å². The molecule has 0 saturated carbocycles. The first-order valence-electron chi connectivity index (χ1n) is 9.17. The minimum atomic E-state index is -0.117. The zero-order valence-corrected chi connectivity index (χ0v) is 17.0. The largest absolute Gasteiger partial charge is 0.497 e. The summed E-state index contributed by atoms with van der Waals surface area (Å²) in [4.78, 5) is 12.7. The fourth-order valence-corrected chi connectivity index (χ4v) is 3.22. The topological polar surface area (TPSA) is 71.9 Å². The lowest BCUT2D eigenvalue weighted by molar-refractivity contribution is -0.122. The average molecular weight is 397 g/mol. The molecule has 6 nitrogen and oxygen atoms in total. The number of aromatic nitrogens is 3. The van der Waals surface area contributed by atoms with Crippen LogP contribution in [0, 0.1) is 11.7 Å². The van der Waals surface area contributed by atoms with Gasteiger partial charge >= 0.3 is 0 Å². The van der Waals surface area contributed by atoms with Crippen molar-refractivity contribution in [2.24, 2.45) is 0 Å². The Bertz CT molecular complexity index is 990. The van der Waals surface area contributed by atoms with Crippen LogP contribution in [0.4, 0.5) is 0 Å². The number of H-pyrrole nitrogens is 1. The van der Waals surface area contributed by atoms with Gasteiger partial charge in [0.25, 0.3) is 0 Å². The molecule has 1 atom stereocenters. The molecule has 146 valence electrons. The second-order valence-electron chi connectivity index (χ2n) is 6.61. The molecule has 1 aromatic heterocycles. The van der Waals surface area contributed by atoms with E-state index in [1.54, 1.807) is 11.7 Å². The van der Waals surface area contributed by atoms with E-state index in [-0.39, 0.29) is 18.5 Å². The molecule has 3 aromatic rings. The van der Waals surface area contributed by atoms with Crippen molar-refractivity contribution in [1.82, 2.24) is 20.1 Å². The molecule has 0 radical (unpaired) electrons. The number of methoxy groups -OCH3 is 1. The monoisotopic (exact) mass is 396 g/mol. The van der Waals surface area contributed by atoms with E-state index in [9.17, 15) is 4.79 Å². The fourth-order valence-electron chi connectivity index (χ4n) is 3.03. The van der Waals surface area contributed by atoms with E-state index in [1.165, 1.54) is 0 Å². The van der Waals surface area contributed by atoms with Crippen molar-refractivity contribution in [3.8, 4) is 17.1 Å². The Morgan fingerprint density at radius 2 is 1.89 bits per heavy atom. The van der Waals surface area contributed by atoms with Gasteiger partial charge in [-0.25, -0.2) is 0 Å². The van der Waals surface area contributed by atoms with Crippen molar-refractivity contribution in [1.29, 1.82) is 0 Å². The van der Waals surface area contributed by atoms with Gasteiger partial charge < -0.3 is 10.1 Å². The predicted molar refractivity (Wildman–Crippen MR) is 112 cm³/mol. The third-order valence-electron chi connectivity index (χ3n) is 4.63. The van der Waals surface area contributed by atoms with Gasteiger partial charge in [0.1, 0.15) is 12.3 Å². The number of benzene rings is 2. The molecule has 0 aliphatic rings. The number of nitrogens with zero attached hydrogens (tertiary/aromatic N) is 2. The molecule has 0 saturated heterocycles. The van der Waals surface area contributed by atoms with Crippen LogP contribution in [0.3, 0.4) is 0 Å². The lowest BCUT2D eigenvalue weighted by Crippen LogP contribution is -2.31. The molecule has 0 fully saturated rings. The Morgan fingerprint density at radius 3 is 2.50 bits per heavy atom. The maximum absolute atomic E-state index is 12.7. The van der Waals surface area contributed by atoms with E-state index in [1.807, 2.05) is 62.4 Å². The Morgan fingerprint density at radius 1 is 1.21 bits per heavy atom. The number of nitrogens with one attached hydrogen (secondary N) is 2. The molecule has 0 aliphatic carbocycles. The van der Waals surface area contributed by atoms with Gasteiger partial charge in [0.05, 0.1) is 13.2 Å². The molecule has 0 aliphatic heterocycles. The zero-order valence-electron chi connectivity index (χ0n) is 16.2. The first-order chi connectivity index (χ1) is 13.5. The number of ether oxygens (including phenoxy) is 1. The van der Waals surface area contributed by atoms with Crippen molar-refractivity contribution in [2.75, 3.05) is 7.11 Å². The normalized spacial score (nSPS) is 11.8. The summed E-state index contributed by atoms with van der Waals surface area (Å²) in [6, 6.07) is 15.6. The van der Waals surface area contributed by atoms with Crippen LogP contribution in [0.25, 0.3) is 11.4 Å². The fraction of sp³-hybridized carbons (Fsp3) is 0.286. The number of aryl methyl sites for hydroxylation is 1. The van der Waals surface area contributed by atoms with Crippen molar-refractivity contribution < 1.29 is 9.53 Å². The van der Waals surface area contributed by atoms with Crippen LogP contribution in [0.5, 0.6) is 5.75 Å². The molecule has 2 N–H and O–H groups in total. The maximum Gasteiger partial charge on any atom is 0.240 e. The summed E-state index contributed by atoms with van der Waals surface area (Å²) in [5.74, 6) is 1.32. The number of carbonyl (C=O) groups is 1. The molecule has 0 bridgehead atoms. The van der Waals surface area contributed by atoms with E-state index in [2.05, 4.69) is 15.5 Å². The Kier molecular flexibility index (Phi) is 6.26. The average Bonchev–Trinajstić information content (AvgIpc) is 3.07. The molecule has 7 heteroatoms. The molecule has 2 aromatic carbocycles. The highest BCUT2D eigenvalue weighted by Crippen LogP contribution is 2.21. The van der Waals surface area contributed by atoms with Gasteiger partial charge in [-0.15, -0.1) is 0 Å². The standard InChI is InChI=1S/C21H24N4O2S/c1-4-18(15-9-11-17(27-3)12-10-15)22-19(26)13-25-20(23-24-21(25)28)16-7-5-14(2)6-8-16/h5-12,18H,4,13H2,1-3H3,(H,22,26)(H,24,28). The maximum atomic E-state index is 12.7. The lowest BCUT2D eigenvalue weighted by Gasteiger charge is -2.18. The molecular formula is C21H24N4O2S. The lowest BCUT2D eigenvalue weighted by atomic mass is 10.0. The molecule has 3 rings (SSSR count). The molecule has 1 unspecified atom stereocenters. The molecule has 1 heterocycles. The summed E-state index contributed by atoms with van der Waals surface area (Å²) in [7, 11) is 1.63. The summed E-state index contributed by atoms with van der Waals surface area (Å²) in [5.41, 5.74) is 3.10. The highest BCUT2D eigenvalue weighted by molar-refractivity contribution is 7.71. The number of carbonyl (C=O) groups excluding carboxylic acids is 1. The molecule has 0 spiro atoms. The number of hydrogen-bond acceptors (Lipinski definition) is 4. The molecule has 1 amide bonds. The predicted octanol–water partition coefficient (Wildman–Crippen LogP) is 4.19. The summed E-state index contributed by atoms with van der Waals surface area (Å²) in [6.07, 6.45) is 0.777. The van der Waals surface area contributed by atoms with Gasteiger partial charge in [-0.05, 0) is 43.3 Å².